The zero-order valence-corrected chi connectivity index (χ0v) is 15.7. The van der Waals surface area contributed by atoms with Gasteiger partial charge in [0.05, 0.1) is 26.3 Å². The van der Waals surface area contributed by atoms with Gasteiger partial charge in [-0.3, -0.25) is 14.9 Å². The number of carbonyl (C=O) groups excluding carboxylic acids is 2. The fourth-order valence-electron chi connectivity index (χ4n) is 2.29. The Hall–Kier alpha value is -1.87. The zero-order chi connectivity index (χ0) is 17.4. The molecule has 5 nitrogen and oxygen atoms in total. The molecule has 0 saturated carbocycles. The number of amides is 2. The van der Waals surface area contributed by atoms with Crippen molar-refractivity contribution in [3.63, 3.8) is 0 Å². The van der Waals surface area contributed by atoms with Crippen LogP contribution >= 0.6 is 46.0 Å². The van der Waals surface area contributed by atoms with Gasteiger partial charge >= 0.3 is 0 Å². The summed E-state index contributed by atoms with van der Waals surface area (Å²) in [5, 5.41) is 7.97. The SMILES string of the molecule is O=C1CSc2ccc(C(=O)Nc3nc(-c4ccc(Cl)s4)cs3)cc2N1. The predicted molar refractivity (Wildman–Crippen MR) is 104 cm³/mol. The third kappa shape index (κ3) is 3.57. The molecular formula is C16H10ClN3O2S3. The van der Waals surface area contributed by atoms with Crippen LogP contribution in [0.2, 0.25) is 4.34 Å². The average molecular weight is 408 g/mol. The third-order valence-electron chi connectivity index (χ3n) is 3.42. The summed E-state index contributed by atoms with van der Waals surface area (Å²) >= 11 is 10.2. The molecule has 3 aromatic rings. The van der Waals surface area contributed by atoms with E-state index in [0.29, 0.717) is 26.5 Å². The van der Waals surface area contributed by atoms with E-state index in [2.05, 4.69) is 15.6 Å². The Kier molecular flexibility index (Phi) is 4.51. The molecule has 1 aromatic carbocycles. The number of aromatic nitrogens is 1. The van der Waals surface area contributed by atoms with Gasteiger partial charge in [0.2, 0.25) is 5.91 Å². The molecule has 1 aliphatic heterocycles. The standard InChI is InChI=1S/C16H10ClN3O2S3/c17-13-4-3-12(25-13)10-6-24-16(19-10)20-15(22)8-1-2-11-9(5-8)18-14(21)7-23-11/h1-6H,7H2,(H,18,21)(H,19,20,22). The summed E-state index contributed by atoms with van der Waals surface area (Å²) < 4.78 is 0.697. The van der Waals surface area contributed by atoms with Gasteiger partial charge in [0.1, 0.15) is 0 Å². The van der Waals surface area contributed by atoms with E-state index in [0.717, 1.165) is 15.5 Å². The van der Waals surface area contributed by atoms with Crippen molar-refractivity contribution >= 4 is 68.7 Å². The highest BCUT2D eigenvalue weighted by molar-refractivity contribution is 8.00. The van der Waals surface area contributed by atoms with E-state index in [1.165, 1.54) is 34.4 Å². The van der Waals surface area contributed by atoms with E-state index in [1.54, 1.807) is 12.1 Å². The van der Waals surface area contributed by atoms with Crippen LogP contribution in [0, 0.1) is 0 Å². The van der Waals surface area contributed by atoms with Gasteiger partial charge in [-0.25, -0.2) is 4.98 Å². The number of nitrogens with one attached hydrogen (secondary N) is 2. The van der Waals surface area contributed by atoms with Crippen molar-refractivity contribution in [1.82, 2.24) is 4.98 Å². The molecule has 0 radical (unpaired) electrons. The summed E-state index contributed by atoms with van der Waals surface area (Å²) in [6.45, 7) is 0. The quantitative estimate of drug-likeness (QED) is 0.652. The number of carbonyl (C=O) groups is 2. The molecule has 1 aliphatic rings. The summed E-state index contributed by atoms with van der Waals surface area (Å²) in [4.78, 5) is 30.3. The van der Waals surface area contributed by atoms with E-state index >= 15 is 0 Å². The second kappa shape index (κ2) is 6.80. The predicted octanol–water partition coefficient (Wildman–Crippen LogP) is 4.82. The summed E-state index contributed by atoms with van der Waals surface area (Å²) in [5.74, 6) is 0.0691. The molecule has 0 saturated heterocycles. The van der Waals surface area contributed by atoms with Crippen molar-refractivity contribution in [1.29, 1.82) is 0 Å². The van der Waals surface area contributed by atoms with Gasteiger partial charge < -0.3 is 5.32 Å². The summed E-state index contributed by atoms with van der Waals surface area (Å²) in [6, 6.07) is 8.99. The first-order valence-corrected chi connectivity index (χ1v) is 10.2. The highest BCUT2D eigenvalue weighted by Crippen LogP contribution is 2.34. The first-order valence-electron chi connectivity index (χ1n) is 7.18. The number of anilines is 2. The molecule has 3 heterocycles. The number of thiazole rings is 1. The molecule has 0 fully saturated rings. The van der Waals surface area contributed by atoms with Crippen LogP contribution in [0.3, 0.4) is 0 Å². The Morgan fingerprint density at radius 3 is 2.96 bits per heavy atom. The second-order valence-electron chi connectivity index (χ2n) is 5.14. The normalized spacial score (nSPS) is 13.2. The molecule has 9 heteroatoms. The van der Waals surface area contributed by atoms with Crippen molar-refractivity contribution in [2.45, 2.75) is 4.90 Å². The highest BCUT2D eigenvalue weighted by Gasteiger charge is 2.18. The molecule has 0 spiro atoms. The van der Waals surface area contributed by atoms with Crippen LogP contribution in [0.15, 0.2) is 40.6 Å². The first-order chi connectivity index (χ1) is 12.1. The lowest BCUT2D eigenvalue weighted by Gasteiger charge is -2.16. The number of fused-ring (bicyclic) bond motifs is 1. The Balaban J connectivity index is 1.52. The van der Waals surface area contributed by atoms with Crippen LogP contribution in [0.1, 0.15) is 10.4 Å². The molecule has 126 valence electrons. The van der Waals surface area contributed by atoms with Gasteiger partial charge in [0, 0.05) is 15.8 Å². The fraction of sp³-hybridized carbons (Fsp3) is 0.0625. The molecule has 2 N–H and O–H groups in total. The number of thioether (sulfide) groups is 1. The van der Waals surface area contributed by atoms with Crippen LogP contribution in [-0.4, -0.2) is 22.6 Å². The Labute approximate surface area is 160 Å². The van der Waals surface area contributed by atoms with Crippen molar-refractivity contribution in [2.75, 3.05) is 16.4 Å². The van der Waals surface area contributed by atoms with Gasteiger partial charge in [0.25, 0.3) is 5.91 Å². The number of hydrogen-bond acceptors (Lipinski definition) is 6. The molecule has 0 aliphatic carbocycles. The highest BCUT2D eigenvalue weighted by atomic mass is 35.5. The minimum absolute atomic E-state index is 0.0609. The lowest BCUT2D eigenvalue weighted by Crippen LogP contribution is -2.19. The average Bonchev–Trinajstić information content (AvgIpc) is 3.23. The zero-order valence-electron chi connectivity index (χ0n) is 12.5. The van der Waals surface area contributed by atoms with Crippen molar-refractivity contribution < 1.29 is 9.59 Å². The number of hydrogen-bond donors (Lipinski definition) is 2. The maximum atomic E-state index is 12.4. The first kappa shape index (κ1) is 16.6. The van der Waals surface area contributed by atoms with Crippen LogP contribution in [0.4, 0.5) is 10.8 Å². The van der Waals surface area contributed by atoms with Gasteiger partial charge in [-0.2, -0.15) is 0 Å². The molecule has 0 unspecified atom stereocenters. The lowest BCUT2D eigenvalue weighted by atomic mass is 10.2. The van der Waals surface area contributed by atoms with Crippen LogP contribution in [-0.2, 0) is 4.79 Å². The van der Waals surface area contributed by atoms with Crippen molar-refractivity contribution in [2.24, 2.45) is 0 Å². The fourth-order valence-corrected chi connectivity index (χ4v) is 4.86. The van der Waals surface area contributed by atoms with Gasteiger partial charge in [-0.1, -0.05) is 11.6 Å². The maximum absolute atomic E-state index is 12.4. The Morgan fingerprint density at radius 2 is 2.16 bits per heavy atom. The lowest BCUT2D eigenvalue weighted by molar-refractivity contribution is -0.113. The van der Waals surface area contributed by atoms with Crippen LogP contribution in [0.5, 0.6) is 0 Å². The smallest absolute Gasteiger partial charge is 0.257 e. The molecule has 2 amide bonds. The van der Waals surface area contributed by atoms with Gasteiger partial charge in [-0.15, -0.1) is 34.4 Å². The van der Waals surface area contributed by atoms with E-state index in [-0.39, 0.29) is 11.8 Å². The van der Waals surface area contributed by atoms with Crippen LogP contribution < -0.4 is 10.6 Å². The maximum Gasteiger partial charge on any atom is 0.257 e. The summed E-state index contributed by atoms with van der Waals surface area (Å²) in [5.41, 5.74) is 1.92. The number of halogens is 1. The molecule has 25 heavy (non-hydrogen) atoms. The monoisotopic (exact) mass is 407 g/mol. The molecule has 0 atom stereocenters. The summed E-state index contributed by atoms with van der Waals surface area (Å²) in [7, 11) is 0. The second-order valence-corrected chi connectivity index (χ2v) is 8.73. The number of rotatable bonds is 3. The van der Waals surface area contributed by atoms with Gasteiger partial charge in [-0.05, 0) is 30.3 Å². The number of thiophene rings is 1. The minimum Gasteiger partial charge on any atom is -0.324 e. The number of benzene rings is 1. The largest absolute Gasteiger partial charge is 0.324 e. The van der Waals surface area contributed by atoms with E-state index in [4.69, 9.17) is 11.6 Å². The van der Waals surface area contributed by atoms with E-state index in [1.807, 2.05) is 23.6 Å². The molecule has 2 aromatic heterocycles. The Bertz CT molecular complexity index is 983. The minimum atomic E-state index is -0.266. The Morgan fingerprint density at radius 1 is 1.28 bits per heavy atom. The van der Waals surface area contributed by atoms with Crippen molar-refractivity contribution in [3.8, 4) is 10.6 Å². The molecule has 4 rings (SSSR count). The third-order valence-corrected chi connectivity index (χ3v) is 6.51. The molecule has 0 bridgehead atoms. The van der Waals surface area contributed by atoms with E-state index < -0.39 is 0 Å². The van der Waals surface area contributed by atoms with Gasteiger partial charge in [0.15, 0.2) is 5.13 Å². The topological polar surface area (TPSA) is 71.1 Å². The number of nitrogens with zero attached hydrogens (tertiary/aromatic N) is 1. The van der Waals surface area contributed by atoms with E-state index in [9.17, 15) is 9.59 Å². The summed E-state index contributed by atoms with van der Waals surface area (Å²) in [6.07, 6.45) is 0. The van der Waals surface area contributed by atoms with Crippen molar-refractivity contribution in [3.05, 3.63) is 45.6 Å². The van der Waals surface area contributed by atoms with Crippen LogP contribution in [0.25, 0.3) is 10.6 Å². The molecular weight excluding hydrogens is 398 g/mol.